The first-order chi connectivity index (χ1) is 9.02. The SMILES string of the molecule is CC=C(C(N)=O)C1CCN(c2ccc(C)s2)C(=O)C1. The summed E-state index contributed by atoms with van der Waals surface area (Å²) in [7, 11) is 0. The number of thiophene rings is 1. The van der Waals surface area contributed by atoms with E-state index < -0.39 is 5.91 Å². The van der Waals surface area contributed by atoms with Crippen LogP contribution < -0.4 is 10.6 Å². The summed E-state index contributed by atoms with van der Waals surface area (Å²) >= 11 is 1.62. The van der Waals surface area contributed by atoms with Crippen molar-refractivity contribution in [2.75, 3.05) is 11.4 Å². The maximum absolute atomic E-state index is 12.2. The minimum atomic E-state index is -0.416. The molecule has 1 unspecified atom stereocenters. The van der Waals surface area contributed by atoms with Gasteiger partial charge in [-0.3, -0.25) is 9.59 Å². The van der Waals surface area contributed by atoms with Crippen molar-refractivity contribution in [3.63, 3.8) is 0 Å². The van der Waals surface area contributed by atoms with E-state index in [0.717, 1.165) is 11.4 Å². The van der Waals surface area contributed by atoms with Gasteiger partial charge in [-0.15, -0.1) is 11.3 Å². The summed E-state index contributed by atoms with van der Waals surface area (Å²) in [5.74, 6) is -0.383. The number of hydrogen-bond donors (Lipinski definition) is 1. The number of rotatable bonds is 3. The van der Waals surface area contributed by atoms with Gasteiger partial charge < -0.3 is 10.6 Å². The molecule has 19 heavy (non-hydrogen) atoms. The van der Waals surface area contributed by atoms with Crippen LogP contribution in [0.3, 0.4) is 0 Å². The Bertz CT molecular complexity index is 533. The van der Waals surface area contributed by atoms with Crippen molar-refractivity contribution in [3.05, 3.63) is 28.7 Å². The highest BCUT2D eigenvalue weighted by atomic mass is 32.1. The number of amides is 2. The molecule has 2 amide bonds. The van der Waals surface area contributed by atoms with E-state index in [4.69, 9.17) is 5.73 Å². The van der Waals surface area contributed by atoms with Crippen LogP contribution in [-0.2, 0) is 9.59 Å². The molecule has 102 valence electrons. The third kappa shape index (κ3) is 2.87. The van der Waals surface area contributed by atoms with Gasteiger partial charge in [0.2, 0.25) is 11.8 Å². The summed E-state index contributed by atoms with van der Waals surface area (Å²) in [5.41, 5.74) is 5.92. The highest BCUT2D eigenvalue weighted by Gasteiger charge is 2.30. The monoisotopic (exact) mass is 278 g/mol. The van der Waals surface area contributed by atoms with E-state index in [1.54, 1.807) is 24.3 Å². The lowest BCUT2D eigenvalue weighted by Gasteiger charge is -2.31. The van der Waals surface area contributed by atoms with E-state index in [1.807, 2.05) is 24.0 Å². The minimum absolute atomic E-state index is 0.0349. The Labute approximate surface area is 116 Å². The molecule has 0 bridgehead atoms. The topological polar surface area (TPSA) is 63.4 Å². The van der Waals surface area contributed by atoms with E-state index in [2.05, 4.69) is 0 Å². The van der Waals surface area contributed by atoms with Gasteiger partial charge in [-0.2, -0.15) is 0 Å². The van der Waals surface area contributed by atoms with Gasteiger partial charge >= 0.3 is 0 Å². The molecule has 1 aliphatic heterocycles. The van der Waals surface area contributed by atoms with Crippen molar-refractivity contribution in [3.8, 4) is 0 Å². The molecule has 0 aromatic carbocycles. The molecule has 0 saturated carbocycles. The van der Waals surface area contributed by atoms with Crippen LogP contribution in [-0.4, -0.2) is 18.4 Å². The Hall–Kier alpha value is -1.62. The summed E-state index contributed by atoms with van der Waals surface area (Å²) in [5, 5.41) is 0.988. The van der Waals surface area contributed by atoms with Crippen LogP contribution in [0.1, 0.15) is 24.6 Å². The fourth-order valence-corrected chi connectivity index (χ4v) is 3.38. The molecular formula is C14H18N2O2S. The van der Waals surface area contributed by atoms with Crippen LogP contribution in [0.2, 0.25) is 0 Å². The number of carbonyl (C=O) groups is 2. The zero-order chi connectivity index (χ0) is 14.0. The van der Waals surface area contributed by atoms with Gasteiger partial charge in [0.15, 0.2) is 0 Å². The number of nitrogens with two attached hydrogens (primary N) is 1. The predicted octanol–water partition coefficient (Wildman–Crippen LogP) is 2.23. The Balaban J connectivity index is 2.11. The normalized spacial score (nSPS) is 20.7. The number of hydrogen-bond acceptors (Lipinski definition) is 3. The van der Waals surface area contributed by atoms with Crippen LogP contribution in [0.4, 0.5) is 5.00 Å². The average Bonchev–Trinajstić information content (AvgIpc) is 2.76. The summed E-state index contributed by atoms with van der Waals surface area (Å²) < 4.78 is 0. The molecule has 0 spiro atoms. The summed E-state index contributed by atoms with van der Waals surface area (Å²) in [4.78, 5) is 26.5. The van der Waals surface area contributed by atoms with Crippen molar-refractivity contribution in [2.45, 2.75) is 26.7 Å². The zero-order valence-electron chi connectivity index (χ0n) is 11.2. The molecule has 2 N–H and O–H groups in total. The molecule has 1 aromatic heterocycles. The fourth-order valence-electron chi connectivity index (χ4n) is 2.48. The second-order valence-corrected chi connectivity index (χ2v) is 5.99. The highest BCUT2D eigenvalue weighted by molar-refractivity contribution is 7.16. The third-order valence-corrected chi connectivity index (χ3v) is 4.47. The standard InChI is InChI=1S/C14H18N2O2S/c1-3-11(14(15)18)10-6-7-16(12(17)8-10)13-5-4-9(2)19-13/h3-5,10H,6-8H2,1-2H3,(H2,15,18). The quantitative estimate of drug-likeness (QED) is 0.862. The predicted molar refractivity (Wildman–Crippen MR) is 77.1 cm³/mol. The number of anilines is 1. The van der Waals surface area contributed by atoms with Crippen molar-refractivity contribution in [2.24, 2.45) is 11.7 Å². The molecule has 1 aromatic rings. The molecule has 1 aliphatic rings. The lowest BCUT2D eigenvalue weighted by Crippen LogP contribution is -2.40. The summed E-state index contributed by atoms with van der Waals surface area (Å²) in [6.07, 6.45) is 2.87. The fraction of sp³-hybridized carbons (Fsp3) is 0.429. The van der Waals surface area contributed by atoms with E-state index in [-0.39, 0.29) is 11.8 Å². The maximum Gasteiger partial charge on any atom is 0.244 e. The van der Waals surface area contributed by atoms with Crippen molar-refractivity contribution in [1.82, 2.24) is 0 Å². The molecule has 0 aliphatic carbocycles. The molecule has 1 atom stereocenters. The number of nitrogens with zero attached hydrogens (tertiary/aromatic N) is 1. The molecule has 4 nitrogen and oxygen atoms in total. The average molecular weight is 278 g/mol. The van der Waals surface area contributed by atoms with E-state index >= 15 is 0 Å². The van der Waals surface area contributed by atoms with Gasteiger partial charge in [-0.05, 0) is 38.3 Å². The Morgan fingerprint density at radius 3 is 2.74 bits per heavy atom. The second-order valence-electron chi connectivity index (χ2n) is 4.73. The number of aryl methyl sites for hydroxylation is 1. The Morgan fingerprint density at radius 2 is 2.26 bits per heavy atom. The smallest absolute Gasteiger partial charge is 0.244 e. The van der Waals surface area contributed by atoms with Gasteiger partial charge in [-0.1, -0.05) is 6.08 Å². The number of carbonyl (C=O) groups excluding carboxylic acids is 2. The Kier molecular flexibility index (Phi) is 4.04. The van der Waals surface area contributed by atoms with E-state index in [9.17, 15) is 9.59 Å². The lowest BCUT2D eigenvalue weighted by atomic mass is 9.88. The molecule has 5 heteroatoms. The molecule has 1 saturated heterocycles. The van der Waals surface area contributed by atoms with Crippen LogP contribution in [0.25, 0.3) is 0 Å². The van der Waals surface area contributed by atoms with Gasteiger partial charge in [0.25, 0.3) is 0 Å². The first-order valence-corrected chi connectivity index (χ1v) is 7.17. The number of piperidine rings is 1. The number of primary amides is 1. The van der Waals surface area contributed by atoms with E-state index in [0.29, 0.717) is 18.5 Å². The minimum Gasteiger partial charge on any atom is -0.366 e. The largest absolute Gasteiger partial charge is 0.366 e. The summed E-state index contributed by atoms with van der Waals surface area (Å²) in [6.45, 7) is 4.46. The molecule has 2 rings (SSSR count). The third-order valence-electron chi connectivity index (χ3n) is 3.45. The highest BCUT2D eigenvalue weighted by Crippen LogP contribution is 2.32. The van der Waals surface area contributed by atoms with E-state index in [1.165, 1.54) is 4.88 Å². The van der Waals surface area contributed by atoms with Crippen LogP contribution in [0.15, 0.2) is 23.8 Å². The van der Waals surface area contributed by atoms with Crippen LogP contribution in [0, 0.1) is 12.8 Å². The maximum atomic E-state index is 12.2. The van der Waals surface area contributed by atoms with Crippen LogP contribution >= 0.6 is 11.3 Å². The molecule has 1 fully saturated rings. The van der Waals surface area contributed by atoms with Crippen molar-refractivity contribution >= 4 is 28.2 Å². The van der Waals surface area contributed by atoms with Crippen LogP contribution in [0.5, 0.6) is 0 Å². The first-order valence-electron chi connectivity index (χ1n) is 6.35. The molecule has 0 radical (unpaired) electrons. The number of allylic oxidation sites excluding steroid dienone is 1. The van der Waals surface area contributed by atoms with Crippen molar-refractivity contribution < 1.29 is 9.59 Å². The van der Waals surface area contributed by atoms with Gasteiger partial charge in [0, 0.05) is 23.4 Å². The first kappa shape index (κ1) is 13.8. The van der Waals surface area contributed by atoms with Gasteiger partial charge in [0.05, 0.1) is 5.00 Å². The van der Waals surface area contributed by atoms with Gasteiger partial charge in [0.1, 0.15) is 0 Å². The zero-order valence-corrected chi connectivity index (χ0v) is 12.0. The summed E-state index contributed by atoms with van der Waals surface area (Å²) in [6, 6.07) is 3.99. The Morgan fingerprint density at radius 1 is 1.53 bits per heavy atom. The second kappa shape index (κ2) is 5.57. The van der Waals surface area contributed by atoms with Crippen molar-refractivity contribution in [1.29, 1.82) is 0 Å². The van der Waals surface area contributed by atoms with Gasteiger partial charge in [-0.25, -0.2) is 0 Å². The molecule has 2 heterocycles. The molecular weight excluding hydrogens is 260 g/mol. The lowest BCUT2D eigenvalue weighted by molar-refractivity contribution is -0.120.